The zero-order valence-electron chi connectivity index (χ0n) is 9.72. The highest BCUT2D eigenvalue weighted by atomic mass is 28.4. The molecule has 0 bridgehead atoms. The lowest BCUT2D eigenvalue weighted by Crippen LogP contribution is -2.25. The minimum Gasteiger partial charge on any atom is -0.520 e. The maximum atomic E-state index is 5.66. The smallest absolute Gasteiger partial charge is 0.261 e. The maximum Gasteiger partial charge on any atom is 0.261 e. The van der Waals surface area contributed by atoms with Crippen molar-refractivity contribution < 1.29 is 13.9 Å². The normalized spacial score (nSPS) is 12.2. The lowest BCUT2D eigenvalue weighted by Gasteiger charge is -2.20. The summed E-state index contributed by atoms with van der Waals surface area (Å²) >= 11 is 0. The molecule has 0 aromatic heterocycles. The zero-order chi connectivity index (χ0) is 11.2. The van der Waals surface area contributed by atoms with E-state index in [1.54, 1.807) is 14.2 Å². The highest BCUT2D eigenvalue weighted by Crippen LogP contribution is 2.12. The predicted molar refractivity (Wildman–Crippen MR) is 60.3 cm³/mol. The number of hydrogen-bond acceptors (Lipinski definition) is 3. The fourth-order valence-corrected chi connectivity index (χ4v) is 1.52. The summed E-state index contributed by atoms with van der Waals surface area (Å²) < 4.78 is 15.7. The molecule has 0 aromatic rings. The molecular weight excluding hydrogens is 196 g/mol. The zero-order valence-corrected chi connectivity index (χ0v) is 10.7. The quantitative estimate of drug-likeness (QED) is 0.505. The number of ether oxygens (including phenoxy) is 2. The average molecular weight is 216 g/mol. The minimum absolute atomic E-state index is 0.558. The van der Waals surface area contributed by atoms with E-state index in [0.717, 1.165) is 0 Å². The fourth-order valence-electron chi connectivity index (χ4n) is 0.749. The van der Waals surface area contributed by atoms with Gasteiger partial charge < -0.3 is 13.9 Å². The molecule has 0 fully saturated rings. The topological polar surface area (TPSA) is 27.7 Å². The van der Waals surface area contributed by atoms with Gasteiger partial charge in [0.1, 0.15) is 0 Å². The van der Waals surface area contributed by atoms with Gasteiger partial charge in [0.15, 0.2) is 0 Å². The van der Waals surface area contributed by atoms with Crippen molar-refractivity contribution >= 4 is 8.32 Å². The van der Waals surface area contributed by atoms with Crippen LogP contribution in [0.1, 0.15) is 6.42 Å². The lowest BCUT2D eigenvalue weighted by atomic mass is 10.4. The van der Waals surface area contributed by atoms with Gasteiger partial charge in [-0.1, -0.05) is 6.58 Å². The first-order chi connectivity index (χ1) is 6.39. The Hall–Kier alpha value is -0.903. The van der Waals surface area contributed by atoms with E-state index in [1.165, 1.54) is 0 Å². The fraction of sp³-hybridized carbons (Fsp3) is 0.600. The number of hydrogen-bond donors (Lipinski definition) is 0. The molecule has 0 aromatic carbocycles. The summed E-state index contributed by atoms with van der Waals surface area (Å²) in [4.78, 5) is 0. The van der Waals surface area contributed by atoms with Crippen LogP contribution in [0.4, 0.5) is 0 Å². The molecule has 0 aliphatic rings. The summed E-state index contributed by atoms with van der Waals surface area (Å²) in [6.45, 7) is 10.0. The van der Waals surface area contributed by atoms with Crippen molar-refractivity contribution in [2.75, 3.05) is 14.2 Å². The predicted octanol–water partition coefficient (Wildman–Crippen LogP) is 2.88. The third-order valence-electron chi connectivity index (χ3n) is 1.39. The lowest BCUT2D eigenvalue weighted by molar-refractivity contribution is 0.145. The monoisotopic (exact) mass is 216 g/mol. The Morgan fingerprint density at radius 2 is 1.79 bits per heavy atom. The van der Waals surface area contributed by atoms with Crippen LogP contribution in [0.2, 0.25) is 19.6 Å². The molecule has 0 radical (unpaired) electrons. The van der Waals surface area contributed by atoms with Crippen molar-refractivity contribution in [3.63, 3.8) is 0 Å². The molecule has 0 unspecified atom stereocenters. The van der Waals surface area contributed by atoms with E-state index < -0.39 is 8.32 Å². The molecule has 0 aliphatic heterocycles. The van der Waals surface area contributed by atoms with Crippen molar-refractivity contribution in [3.8, 4) is 0 Å². The van der Waals surface area contributed by atoms with Crippen LogP contribution in [0.25, 0.3) is 0 Å². The molecule has 0 aliphatic carbocycles. The molecule has 0 heterocycles. The molecule has 3 nitrogen and oxygen atoms in total. The summed E-state index contributed by atoms with van der Waals surface area (Å²) in [7, 11) is 1.61. The highest BCUT2D eigenvalue weighted by molar-refractivity contribution is 6.69. The Morgan fingerprint density at radius 1 is 1.21 bits per heavy atom. The second-order valence-corrected chi connectivity index (χ2v) is 8.32. The van der Waals surface area contributed by atoms with E-state index in [4.69, 9.17) is 13.9 Å². The van der Waals surface area contributed by atoms with E-state index in [-0.39, 0.29) is 0 Å². The van der Waals surface area contributed by atoms with Gasteiger partial charge in [-0.15, -0.1) is 0 Å². The molecule has 0 saturated carbocycles. The Balaban J connectivity index is 4.19. The van der Waals surface area contributed by atoms with Crippen LogP contribution in [-0.4, -0.2) is 22.5 Å². The Labute approximate surface area is 87.5 Å². The first kappa shape index (κ1) is 13.1. The number of allylic oxidation sites excluding steroid dienone is 1. The molecule has 0 N–H and O–H groups in total. The Morgan fingerprint density at radius 3 is 2.14 bits per heavy atom. The van der Waals surface area contributed by atoms with Crippen LogP contribution in [0.5, 0.6) is 0 Å². The molecular formula is C10H20O3Si. The van der Waals surface area contributed by atoms with E-state index in [2.05, 4.69) is 26.2 Å². The summed E-state index contributed by atoms with van der Waals surface area (Å²) in [5, 5.41) is 0. The standard InChI is InChI=1S/C10H20O3Si/c1-9(11-2)7-8-10(12-3)13-14(4,5)6/h8H,1,7H2,2-6H3/b10-8+. The molecule has 0 saturated heterocycles. The minimum atomic E-state index is -1.59. The highest BCUT2D eigenvalue weighted by Gasteiger charge is 2.17. The van der Waals surface area contributed by atoms with Crippen LogP contribution in [-0.2, 0) is 13.9 Å². The first-order valence-electron chi connectivity index (χ1n) is 4.54. The van der Waals surface area contributed by atoms with E-state index in [0.29, 0.717) is 18.1 Å². The Bertz CT molecular complexity index is 216. The van der Waals surface area contributed by atoms with Crippen molar-refractivity contribution in [2.45, 2.75) is 26.1 Å². The van der Waals surface area contributed by atoms with Gasteiger partial charge in [0.25, 0.3) is 5.95 Å². The van der Waals surface area contributed by atoms with E-state index >= 15 is 0 Å². The molecule has 0 amide bonds. The van der Waals surface area contributed by atoms with Crippen molar-refractivity contribution in [2.24, 2.45) is 0 Å². The van der Waals surface area contributed by atoms with Crippen molar-refractivity contribution in [1.29, 1.82) is 0 Å². The molecule has 14 heavy (non-hydrogen) atoms. The first-order valence-corrected chi connectivity index (χ1v) is 7.95. The number of rotatable bonds is 6. The van der Waals surface area contributed by atoms with Gasteiger partial charge in [-0.05, 0) is 19.6 Å². The van der Waals surface area contributed by atoms with Crippen LogP contribution in [0.3, 0.4) is 0 Å². The van der Waals surface area contributed by atoms with Gasteiger partial charge in [-0.3, -0.25) is 0 Å². The van der Waals surface area contributed by atoms with Crippen LogP contribution in [0.15, 0.2) is 24.4 Å². The SMILES string of the molecule is C=C(C/C=C(\OC)O[Si](C)(C)C)OC. The number of methoxy groups -OCH3 is 2. The molecule has 0 spiro atoms. The summed E-state index contributed by atoms with van der Waals surface area (Å²) in [5.74, 6) is 1.25. The van der Waals surface area contributed by atoms with Crippen molar-refractivity contribution in [1.82, 2.24) is 0 Å². The van der Waals surface area contributed by atoms with Gasteiger partial charge in [-0.25, -0.2) is 0 Å². The summed E-state index contributed by atoms with van der Waals surface area (Å²) in [6, 6.07) is 0. The third-order valence-corrected chi connectivity index (χ3v) is 2.21. The molecule has 82 valence electrons. The van der Waals surface area contributed by atoms with Gasteiger partial charge >= 0.3 is 0 Å². The molecule has 0 rings (SSSR count). The largest absolute Gasteiger partial charge is 0.520 e. The maximum absolute atomic E-state index is 5.66. The van der Waals surface area contributed by atoms with Crippen LogP contribution >= 0.6 is 0 Å². The van der Waals surface area contributed by atoms with E-state index in [1.807, 2.05) is 6.08 Å². The van der Waals surface area contributed by atoms with Gasteiger partial charge in [0.05, 0.1) is 20.0 Å². The summed E-state index contributed by atoms with van der Waals surface area (Å²) in [6.07, 6.45) is 2.45. The average Bonchev–Trinajstić information content (AvgIpc) is 2.09. The Kier molecular flexibility index (Phi) is 5.38. The second kappa shape index (κ2) is 5.75. The third kappa shape index (κ3) is 6.60. The van der Waals surface area contributed by atoms with E-state index in [9.17, 15) is 0 Å². The molecule has 0 atom stereocenters. The van der Waals surface area contributed by atoms with Crippen LogP contribution in [0, 0.1) is 0 Å². The van der Waals surface area contributed by atoms with Gasteiger partial charge in [0.2, 0.25) is 8.32 Å². The second-order valence-electron chi connectivity index (χ2n) is 3.89. The summed E-state index contributed by atoms with van der Waals surface area (Å²) in [5.41, 5.74) is 0. The van der Waals surface area contributed by atoms with Gasteiger partial charge in [0, 0.05) is 12.5 Å². The van der Waals surface area contributed by atoms with Crippen molar-refractivity contribution in [3.05, 3.63) is 24.4 Å². The van der Waals surface area contributed by atoms with Gasteiger partial charge in [-0.2, -0.15) is 0 Å². The molecule has 4 heteroatoms. The van der Waals surface area contributed by atoms with Crippen LogP contribution < -0.4 is 0 Å².